The number of carbonyl (C=O) groups excluding carboxylic acids is 3. The minimum atomic E-state index is -0.643. The summed E-state index contributed by atoms with van der Waals surface area (Å²) < 4.78 is 0. The summed E-state index contributed by atoms with van der Waals surface area (Å²) in [7, 11) is 4.69. The van der Waals surface area contributed by atoms with E-state index in [0.29, 0.717) is 23.7 Å². The highest BCUT2D eigenvalue weighted by atomic mass is 35.5. The molecule has 0 aliphatic heterocycles. The molecule has 0 atom stereocenters. The van der Waals surface area contributed by atoms with E-state index in [-0.39, 0.29) is 28.9 Å². The van der Waals surface area contributed by atoms with Gasteiger partial charge < -0.3 is 20.2 Å². The van der Waals surface area contributed by atoms with Crippen LogP contribution in [0.15, 0.2) is 47.6 Å². The number of carbonyl (C=O) groups is 3. The van der Waals surface area contributed by atoms with Crippen LogP contribution >= 0.6 is 23.2 Å². The van der Waals surface area contributed by atoms with E-state index in [4.69, 9.17) is 23.2 Å². The molecule has 182 valence electrons. The number of hydrazone groups is 1. The summed E-state index contributed by atoms with van der Waals surface area (Å²) in [5.74, 6) is -1.34. The Hall–Kier alpha value is -3.14. The molecule has 2 aromatic rings. The molecule has 0 aromatic heterocycles. The maximum atomic E-state index is 12.7. The third-order valence-electron chi connectivity index (χ3n) is 4.85. The summed E-state index contributed by atoms with van der Waals surface area (Å²) >= 11 is 12.4. The highest BCUT2D eigenvalue weighted by Gasteiger charge is 2.17. The molecule has 2 N–H and O–H groups in total. The summed E-state index contributed by atoms with van der Waals surface area (Å²) in [4.78, 5) is 39.0. The van der Waals surface area contributed by atoms with E-state index in [0.717, 1.165) is 16.7 Å². The van der Waals surface area contributed by atoms with Crippen molar-refractivity contribution < 1.29 is 19.5 Å². The second-order valence-corrected chi connectivity index (χ2v) is 8.31. The van der Waals surface area contributed by atoms with Crippen molar-refractivity contribution in [2.24, 2.45) is 5.10 Å². The van der Waals surface area contributed by atoms with Crippen LogP contribution in [-0.2, 0) is 16.0 Å². The van der Waals surface area contributed by atoms with Crippen molar-refractivity contribution in [1.29, 1.82) is 0 Å². The predicted octanol–water partition coefficient (Wildman–Crippen LogP) is 2.25. The van der Waals surface area contributed by atoms with E-state index < -0.39 is 12.6 Å². The Labute approximate surface area is 208 Å². The molecule has 2 aromatic carbocycles. The number of halogens is 2. The largest absolute Gasteiger partial charge is 0.376 e. The third-order valence-corrected chi connectivity index (χ3v) is 5.55. The van der Waals surface area contributed by atoms with Crippen LogP contribution in [0.3, 0.4) is 0 Å². The number of hydrogen-bond acceptors (Lipinski definition) is 6. The molecule has 0 heterocycles. The second-order valence-electron chi connectivity index (χ2n) is 7.50. The van der Waals surface area contributed by atoms with E-state index in [1.165, 1.54) is 9.91 Å². The van der Waals surface area contributed by atoms with Gasteiger partial charge in [0, 0.05) is 32.7 Å². The first kappa shape index (κ1) is 27.1. The molecule has 0 saturated heterocycles. The minimum Gasteiger partial charge on any atom is -0.376 e. The molecule has 0 spiro atoms. The van der Waals surface area contributed by atoms with Crippen LogP contribution in [0.1, 0.15) is 15.9 Å². The molecule has 0 aliphatic carbocycles. The van der Waals surface area contributed by atoms with Crippen molar-refractivity contribution in [2.45, 2.75) is 6.42 Å². The van der Waals surface area contributed by atoms with E-state index in [1.807, 2.05) is 18.2 Å². The molecule has 9 nitrogen and oxygen atoms in total. The number of likely N-dealkylation sites (N-methyl/N-ethyl adjacent to an activating group) is 1. The van der Waals surface area contributed by atoms with Gasteiger partial charge in [-0.25, -0.2) is 0 Å². The summed E-state index contributed by atoms with van der Waals surface area (Å²) in [6, 6.07) is 12.2. The average Bonchev–Trinajstić information content (AvgIpc) is 2.81. The fourth-order valence-corrected chi connectivity index (χ4v) is 3.22. The van der Waals surface area contributed by atoms with Gasteiger partial charge in [-0.05, 0) is 36.2 Å². The van der Waals surface area contributed by atoms with E-state index in [9.17, 15) is 19.5 Å². The van der Waals surface area contributed by atoms with E-state index in [2.05, 4.69) is 10.4 Å². The fourth-order valence-electron chi connectivity index (χ4n) is 2.78. The molecule has 0 radical (unpaired) electrons. The Morgan fingerprint density at radius 3 is 2.41 bits per heavy atom. The molecule has 0 fully saturated rings. The standard InChI is InChI=1S/C23H27Cl2N5O4/c1-28(2)22(33)14-30(15-31)21(32)13-27-29(3)17-8-9-20(25)18(12-17)23(34)26-11-10-16-6-4-5-7-19(16)24/h4-9,12-13,31H,10-11,14-15H2,1-3H3,(H,26,34)/b27-13-. The van der Waals surface area contributed by atoms with E-state index >= 15 is 0 Å². The van der Waals surface area contributed by atoms with Gasteiger partial charge >= 0.3 is 0 Å². The highest BCUT2D eigenvalue weighted by Crippen LogP contribution is 2.23. The molecule has 0 unspecified atom stereocenters. The lowest BCUT2D eigenvalue weighted by molar-refractivity contribution is -0.138. The van der Waals surface area contributed by atoms with Gasteiger partial charge in [0.15, 0.2) is 0 Å². The number of hydrogen-bond donors (Lipinski definition) is 2. The molecular formula is C23H27Cl2N5O4. The smallest absolute Gasteiger partial charge is 0.269 e. The van der Waals surface area contributed by atoms with Crippen molar-refractivity contribution in [3.63, 3.8) is 0 Å². The number of aliphatic hydroxyl groups excluding tert-OH is 1. The van der Waals surface area contributed by atoms with Gasteiger partial charge in [0.2, 0.25) is 5.91 Å². The predicted molar refractivity (Wildman–Crippen MR) is 133 cm³/mol. The monoisotopic (exact) mass is 507 g/mol. The van der Waals surface area contributed by atoms with Crippen LogP contribution in [0.25, 0.3) is 0 Å². The quantitative estimate of drug-likeness (QED) is 0.291. The molecular weight excluding hydrogens is 481 g/mol. The Kier molecular flexibility index (Phi) is 10.3. The van der Waals surface area contributed by atoms with Crippen LogP contribution in [0.5, 0.6) is 0 Å². The SMILES string of the molecule is CN(C)C(=O)CN(CO)C(=O)/C=N\N(C)c1ccc(Cl)c(C(=O)NCCc2ccccc2Cl)c1. The zero-order valence-electron chi connectivity index (χ0n) is 19.2. The number of rotatable bonds is 10. The number of nitrogens with zero attached hydrogens (tertiary/aromatic N) is 4. The van der Waals surface area contributed by atoms with Gasteiger partial charge in [-0.3, -0.25) is 19.4 Å². The number of benzene rings is 2. The summed E-state index contributed by atoms with van der Waals surface area (Å²) in [5, 5.41) is 18.5. The van der Waals surface area contributed by atoms with Gasteiger partial charge in [-0.2, -0.15) is 5.10 Å². The lowest BCUT2D eigenvalue weighted by atomic mass is 10.1. The minimum absolute atomic E-state index is 0.250. The van der Waals surface area contributed by atoms with Crippen LogP contribution < -0.4 is 10.3 Å². The van der Waals surface area contributed by atoms with Gasteiger partial charge in [-0.1, -0.05) is 41.4 Å². The zero-order chi connectivity index (χ0) is 25.3. The van der Waals surface area contributed by atoms with E-state index in [1.54, 1.807) is 45.4 Å². The Balaban J connectivity index is 2.03. The number of nitrogens with one attached hydrogen (secondary N) is 1. The number of anilines is 1. The summed E-state index contributed by atoms with van der Waals surface area (Å²) in [5.41, 5.74) is 1.68. The number of amides is 3. The third kappa shape index (κ3) is 7.72. The molecule has 0 saturated carbocycles. The average molecular weight is 508 g/mol. The molecule has 11 heteroatoms. The zero-order valence-corrected chi connectivity index (χ0v) is 20.7. The molecule has 0 bridgehead atoms. The molecule has 0 aliphatic rings. The Morgan fingerprint density at radius 1 is 1.06 bits per heavy atom. The van der Waals surface area contributed by atoms with Gasteiger partial charge in [0.25, 0.3) is 11.8 Å². The molecule has 34 heavy (non-hydrogen) atoms. The fraction of sp³-hybridized carbons (Fsp3) is 0.304. The van der Waals surface area contributed by atoms with Crippen molar-refractivity contribution in [3.8, 4) is 0 Å². The maximum absolute atomic E-state index is 12.7. The van der Waals surface area contributed by atoms with Crippen LogP contribution in [-0.4, -0.2) is 79.8 Å². The van der Waals surface area contributed by atoms with Gasteiger partial charge in [-0.15, -0.1) is 0 Å². The molecule has 3 amide bonds. The van der Waals surface area contributed by atoms with Gasteiger partial charge in [0.1, 0.15) is 19.5 Å². The first-order valence-electron chi connectivity index (χ1n) is 10.3. The first-order chi connectivity index (χ1) is 16.1. The van der Waals surface area contributed by atoms with Crippen molar-refractivity contribution in [3.05, 3.63) is 63.6 Å². The molecule has 2 rings (SSSR count). The lowest BCUT2D eigenvalue weighted by Gasteiger charge is -2.20. The van der Waals surface area contributed by atoms with Crippen molar-refractivity contribution in [2.75, 3.05) is 46.0 Å². The Bertz CT molecular complexity index is 1060. The summed E-state index contributed by atoms with van der Waals surface area (Å²) in [6.07, 6.45) is 1.55. The van der Waals surface area contributed by atoms with Crippen molar-refractivity contribution >= 4 is 52.8 Å². The topological polar surface area (TPSA) is 106 Å². The second kappa shape index (κ2) is 12.9. The number of aliphatic hydroxyl groups is 1. The Morgan fingerprint density at radius 2 is 1.76 bits per heavy atom. The van der Waals surface area contributed by atoms with Crippen LogP contribution in [0.4, 0.5) is 5.69 Å². The lowest BCUT2D eigenvalue weighted by Crippen LogP contribution is -2.41. The summed E-state index contributed by atoms with van der Waals surface area (Å²) in [6.45, 7) is -0.542. The van der Waals surface area contributed by atoms with Crippen LogP contribution in [0, 0.1) is 0 Å². The van der Waals surface area contributed by atoms with Gasteiger partial charge in [0.05, 0.1) is 16.3 Å². The normalized spacial score (nSPS) is 10.8. The first-order valence-corrected chi connectivity index (χ1v) is 11.1. The highest BCUT2D eigenvalue weighted by molar-refractivity contribution is 6.34. The maximum Gasteiger partial charge on any atom is 0.269 e. The van der Waals surface area contributed by atoms with Crippen molar-refractivity contribution in [1.82, 2.24) is 15.1 Å². The van der Waals surface area contributed by atoms with Crippen LogP contribution in [0.2, 0.25) is 10.0 Å².